The van der Waals surface area contributed by atoms with E-state index in [1.54, 1.807) is 37.4 Å². The molecule has 11 heteroatoms. The van der Waals surface area contributed by atoms with E-state index in [2.05, 4.69) is 20.6 Å². The van der Waals surface area contributed by atoms with Gasteiger partial charge in [-0.1, -0.05) is 40.9 Å². The summed E-state index contributed by atoms with van der Waals surface area (Å²) < 4.78 is 5.37. The second-order valence-electron chi connectivity index (χ2n) is 7.44. The fourth-order valence-corrected chi connectivity index (χ4v) is 3.88. The van der Waals surface area contributed by atoms with Crippen LogP contribution in [0.4, 0.5) is 11.5 Å². The number of nitrogens with one attached hydrogen (secondary N) is 2. The quantitative estimate of drug-likeness (QED) is 0.322. The van der Waals surface area contributed by atoms with Gasteiger partial charge in [0.2, 0.25) is 0 Å². The van der Waals surface area contributed by atoms with Crippen LogP contribution in [-0.4, -0.2) is 55.8 Å². The summed E-state index contributed by atoms with van der Waals surface area (Å²) >= 11 is 18.5. The number of methoxy groups -OCH3 is 1. The van der Waals surface area contributed by atoms with E-state index in [1.807, 2.05) is 19.0 Å². The number of aromatic nitrogens is 1. The van der Waals surface area contributed by atoms with Crippen molar-refractivity contribution < 1.29 is 14.3 Å². The molecule has 0 radical (unpaired) electrons. The Morgan fingerprint density at radius 3 is 2.23 bits per heavy atom. The molecule has 2 amide bonds. The number of pyridine rings is 1. The monoisotopic (exact) mass is 533 g/mol. The van der Waals surface area contributed by atoms with Crippen LogP contribution in [-0.2, 0) is 0 Å². The molecular weight excluding hydrogens is 513 g/mol. The number of anilines is 2. The molecule has 0 fully saturated rings. The molecule has 2 N–H and O–H groups in total. The first-order valence-electron chi connectivity index (χ1n) is 10.2. The van der Waals surface area contributed by atoms with Crippen molar-refractivity contribution in [3.8, 4) is 5.75 Å². The molecule has 0 aliphatic rings. The van der Waals surface area contributed by atoms with E-state index in [1.165, 1.54) is 25.4 Å². The van der Waals surface area contributed by atoms with Gasteiger partial charge in [-0.3, -0.25) is 14.6 Å². The first-order chi connectivity index (χ1) is 16.6. The van der Waals surface area contributed by atoms with E-state index in [4.69, 9.17) is 39.5 Å². The Balaban J connectivity index is 1.95. The molecule has 182 valence electrons. The normalized spacial score (nSPS) is 11.1. The Hall–Kier alpha value is -3.33. The number of benzene rings is 2. The fourth-order valence-electron chi connectivity index (χ4n) is 3.29. The Morgan fingerprint density at radius 2 is 1.66 bits per heavy atom. The predicted octanol–water partition coefficient (Wildman–Crippen LogP) is 5.49. The largest absolute Gasteiger partial charge is 0.494 e. The Labute approximate surface area is 217 Å². The van der Waals surface area contributed by atoms with E-state index in [9.17, 15) is 9.59 Å². The van der Waals surface area contributed by atoms with Crippen molar-refractivity contribution in [2.24, 2.45) is 4.99 Å². The number of carbonyl (C=O) groups is 2. The molecule has 3 rings (SSSR count). The van der Waals surface area contributed by atoms with Gasteiger partial charge in [-0.25, -0.2) is 4.98 Å². The van der Waals surface area contributed by atoms with Gasteiger partial charge < -0.3 is 20.3 Å². The van der Waals surface area contributed by atoms with Gasteiger partial charge in [0.1, 0.15) is 17.4 Å². The van der Waals surface area contributed by atoms with Crippen molar-refractivity contribution in [1.29, 1.82) is 0 Å². The summed E-state index contributed by atoms with van der Waals surface area (Å²) in [5, 5.41) is 6.25. The highest BCUT2D eigenvalue weighted by Gasteiger charge is 2.22. The molecule has 0 saturated carbocycles. The van der Waals surface area contributed by atoms with Crippen molar-refractivity contribution in [3.63, 3.8) is 0 Å². The average Bonchev–Trinajstić information content (AvgIpc) is 2.81. The number of nitrogens with zero attached hydrogens (tertiary/aromatic N) is 3. The second kappa shape index (κ2) is 11.4. The van der Waals surface area contributed by atoms with Gasteiger partial charge in [-0.2, -0.15) is 0 Å². The van der Waals surface area contributed by atoms with Crippen LogP contribution >= 0.6 is 34.8 Å². The van der Waals surface area contributed by atoms with Gasteiger partial charge in [0, 0.05) is 44.0 Å². The lowest BCUT2D eigenvalue weighted by Crippen LogP contribution is -2.23. The zero-order chi connectivity index (χ0) is 25.7. The maximum atomic E-state index is 13.2. The number of hydrogen-bond acceptors (Lipinski definition) is 5. The predicted molar refractivity (Wildman–Crippen MR) is 141 cm³/mol. The minimum Gasteiger partial charge on any atom is -0.494 e. The smallest absolute Gasteiger partial charge is 0.259 e. The topological polar surface area (TPSA) is 95.9 Å². The van der Waals surface area contributed by atoms with Crippen molar-refractivity contribution in [2.45, 2.75) is 0 Å². The van der Waals surface area contributed by atoms with Gasteiger partial charge in [0.05, 0.1) is 34.0 Å². The molecule has 0 unspecified atom stereocenters. The molecule has 3 aromatic rings. The Morgan fingerprint density at radius 1 is 0.943 bits per heavy atom. The number of aliphatic imine (C=N–C) groups is 1. The summed E-state index contributed by atoms with van der Waals surface area (Å²) in [6.07, 6.45) is 1.40. The standard InChI is InChI=1S/C24H22Cl3N5O3/c1-28-22(32(2)3)13-5-7-16(18(27)9-13)23(33)31-21-17(10-15(26)11-19(21)35-4)24(34)30-20-8-6-14(25)12-29-20/h5-12H,1-4H3,(H,31,33)(H,29,30,34)/b28-22+. The number of amidine groups is 1. The lowest BCUT2D eigenvalue weighted by molar-refractivity contribution is 0.102. The molecule has 35 heavy (non-hydrogen) atoms. The SMILES string of the molecule is C/N=C(\c1ccc(C(=O)Nc2c(OC)cc(Cl)cc2C(=O)Nc2ccc(Cl)cn2)c(Cl)c1)N(C)C. The molecular formula is C24H22Cl3N5O3. The lowest BCUT2D eigenvalue weighted by Gasteiger charge is -2.18. The zero-order valence-electron chi connectivity index (χ0n) is 19.3. The van der Waals surface area contributed by atoms with Crippen molar-refractivity contribution in [1.82, 2.24) is 9.88 Å². The molecule has 0 aliphatic carbocycles. The van der Waals surface area contributed by atoms with Crippen LogP contribution in [0.2, 0.25) is 15.1 Å². The second-order valence-corrected chi connectivity index (χ2v) is 8.72. The third-order valence-corrected chi connectivity index (χ3v) is 5.60. The molecule has 0 bridgehead atoms. The average molecular weight is 535 g/mol. The molecule has 0 aliphatic heterocycles. The highest BCUT2D eigenvalue weighted by atomic mass is 35.5. The van der Waals surface area contributed by atoms with Crippen LogP contribution in [0.15, 0.2) is 53.7 Å². The third-order valence-electron chi connectivity index (χ3n) is 4.85. The van der Waals surface area contributed by atoms with Crippen LogP contribution < -0.4 is 15.4 Å². The summed E-state index contributed by atoms with van der Waals surface area (Å²) in [6.45, 7) is 0. The number of ether oxygens (including phenoxy) is 1. The van der Waals surface area contributed by atoms with Crippen molar-refractivity contribution in [3.05, 3.63) is 80.4 Å². The molecule has 0 saturated heterocycles. The summed E-state index contributed by atoms with van der Waals surface area (Å²) in [5.41, 5.74) is 1.14. The van der Waals surface area contributed by atoms with E-state index in [0.717, 1.165) is 5.56 Å². The van der Waals surface area contributed by atoms with Crippen LogP contribution in [0, 0.1) is 0 Å². The summed E-state index contributed by atoms with van der Waals surface area (Å²) in [5.74, 6) is 0.0604. The summed E-state index contributed by atoms with van der Waals surface area (Å²) in [4.78, 5) is 36.3. The molecule has 0 spiro atoms. The van der Waals surface area contributed by atoms with E-state index in [-0.39, 0.29) is 38.4 Å². The van der Waals surface area contributed by atoms with Crippen molar-refractivity contribution >= 4 is 64.0 Å². The van der Waals surface area contributed by atoms with Gasteiger partial charge in [-0.05, 0) is 30.3 Å². The van der Waals surface area contributed by atoms with Crippen molar-refractivity contribution in [2.75, 3.05) is 38.9 Å². The van der Waals surface area contributed by atoms with E-state index < -0.39 is 11.8 Å². The first kappa shape index (κ1) is 26.3. The molecule has 2 aromatic carbocycles. The van der Waals surface area contributed by atoms with Crippen LogP contribution in [0.5, 0.6) is 5.75 Å². The zero-order valence-corrected chi connectivity index (χ0v) is 21.6. The van der Waals surface area contributed by atoms with E-state index >= 15 is 0 Å². The van der Waals surface area contributed by atoms with Gasteiger partial charge in [0.25, 0.3) is 11.8 Å². The summed E-state index contributed by atoms with van der Waals surface area (Å²) in [6, 6.07) is 11.0. The van der Waals surface area contributed by atoms with E-state index in [0.29, 0.717) is 10.9 Å². The number of carbonyl (C=O) groups excluding carboxylic acids is 2. The summed E-state index contributed by atoms with van der Waals surface area (Å²) in [7, 11) is 6.78. The number of rotatable bonds is 6. The molecule has 1 aromatic heterocycles. The molecule has 1 heterocycles. The minimum atomic E-state index is -0.563. The lowest BCUT2D eigenvalue weighted by atomic mass is 10.1. The van der Waals surface area contributed by atoms with Crippen LogP contribution in [0.3, 0.4) is 0 Å². The number of halogens is 3. The third kappa shape index (κ3) is 6.22. The first-order valence-corrected chi connectivity index (χ1v) is 11.3. The maximum Gasteiger partial charge on any atom is 0.259 e. The maximum absolute atomic E-state index is 13.2. The van der Waals surface area contributed by atoms with Crippen LogP contribution in [0.1, 0.15) is 26.3 Å². The number of hydrogen-bond donors (Lipinski definition) is 2. The molecule has 0 atom stereocenters. The Bertz CT molecular complexity index is 1290. The molecule has 8 nitrogen and oxygen atoms in total. The minimum absolute atomic E-state index is 0.0696. The highest BCUT2D eigenvalue weighted by molar-refractivity contribution is 6.35. The van der Waals surface area contributed by atoms with Gasteiger partial charge in [-0.15, -0.1) is 0 Å². The Kier molecular flexibility index (Phi) is 8.56. The van der Waals surface area contributed by atoms with Gasteiger partial charge in [0.15, 0.2) is 0 Å². The highest BCUT2D eigenvalue weighted by Crippen LogP contribution is 2.34. The van der Waals surface area contributed by atoms with Crippen LogP contribution in [0.25, 0.3) is 0 Å². The fraction of sp³-hybridized carbons (Fsp3) is 0.167. The number of amides is 2. The van der Waals surface area contributed by atoms with Gasteiger partial charge >= 0.3 is 0 Å².